The van der Waals surface area contributed by atoms with Crippen LogP contribution in [0.2, 0.25) is 0 Å². The van der Waals surface area contributed by atoms with E-state index in [2.05, 4.69) is 12.2 Å². The van der Waals surface area contributed by atoms with Crippen molar-refractivity contribution in [1.82, 2.24) is 0 Å². The Balaban J connectivity index is 1.91. The van der Waals surface area contributed by atoms with Crippen LogP contribution < -0.4 is 5.32 Å². The van der Waals surface area contributed by atoms with E-state index in [-0.39, 0.29) is 11.3 Å². The molecule has 28 heavy (non-hydrogen) atoms. The van der Waals surface area contributed by atoms with E-state index in [1.807, 2.05) is 12.1 Å². The number of aliphatic hydroxyl groups is 1. The van der Waals surface area contributed by atoms with Crippen molar-refractivity contribution in [3.8, 4) is 5.75 Å². The SMILES string of the molecule is COC1C(=O)Nc2ccc(/C=C3\CCC(C)C3)c(O)c2C1(O)c1ccccc1. The van der Waals surface area contributed by atoms with Gasteiger partial charge in [-0.15, -0.1) is 0 Å². The number of phenolic OH excluding ortho intramolecular Hbond substituents is 1. The maximum Gasteiger partial charge on any atom is 0.257 e. The molecule has 5 nitrogen and oxygen atoms in total. The lowest BCUT2D eigenvalue weighted by molar-refractivity contribution is -0.142. The van der Waals surface area contributed by atoms with E-state index in [9.17, 15) is 15.0 Å². The third-order valence-corrected chi connectivity index (χ3v) is 5.84. The van der Waals surface area contributed by atoms with Crippen molar-refractivity contribution in [3.05, 3.63) is 64.7 Å². The first-order valence-corrected chi connectivity index (χ1v) is 9.62. The van der Waals surface area contributed by atoms with Gasteiger partial charge in [0.05, 0.1) is 11.3 Å². The monoisotopic (exact) mass is 379 g/mol. The summed E-state index contributed by atoms with van der Waals surface area (Å²) in [5, 5.41) is 25.7. The smallest absolute Gasteiger partial charge is 0.257 e. The third-order valence-electron chi connectivity index (χ3n) is 5.84. The Kier molecular flexibility index (Phi) is 4.73. The van der Waals surface area contributed by atoms with Crippen LogP contribution in [0.3, 0.4) is 0 Å². The Hall–Kier alpha value is -2.63. The first kappa shape index (κ1) is 18.7. The van der Waals surface area contributed by atoms with Crippen molar-refractivity contribution >= 4 is 17.7 Å². The number of rotatable bonds is 3. The molecule has 2 aromatic rings. The minimum atomic E-state index is -1.80. The molecule has 3 unspecified atom stereocenters. The highest BCUT2D eigenvalue weighted by Crippen LogP contribution is 2.48. The molecule has 1 aliphatic heterocycles. The number of nitrogens with one attached hydrogen (secondary N) is 1. The maximum absolute atomic E-state index is 12.6. The number of aromatic hydroxyl groups is 1. The molecule has 146 valence electrons. The minimum absolute atomic E-state index is 0.0297. The number of hydrogen-bond donors (Lipinski definition) is 3. The molecule has 5 heteroatoms. The molecule has 0 radical (unpaired) electrons. The molecule has 2 aliphatic rings. The lowest BCUT2D eigenvalue weighted by Crippen LogP contribution is -2.52. The standard InChI is InChI=1S/C23H25NO4/c1-14-8-9-15(12-14)13-16-10-11-18-19(20(16)25)23(27,17-6-4-3-5-7-17)21(28-2)22(26)24-18/h3-7,10-11,13-14,21,25,27H,8-9,12H2,1-2H3,(H,24,26)/b15-13+. The van der Waals surface area contributed by atoms with Crippen molar-refractivity contribution in [2.45, 2.75) is 37.9 Å². The fourth-order valence-electron chi connectivity index (χ4n) is 4.43. The lowest BCUT2D eigenvalue weighted by Gasteiger charge is -2.40. The van der Waals surface area contributed by atoms with E-state index in [1.54, 1.807) is 36.4 Å². The first-order chi connectivity index (χ1) is 13.4. The zero-order valence-electron chi connectivity index (χ0n) is 16.1. The van der Waals surface area contributed by atoms with Crippen molar-refractivity contribution in [3.63, 3.8) is 0 Å². The van der Waals surface area contributed by atoms with Crippen LogP contribution in [0.1, 0.15) is 42.9 Å². The van der Waals surface area contributed by atoms with Gasteiger partial charge in [-0.3, -0.25) is 4.79 Å². The molecule has 1 saturated carbocycles. The van der Waals surface area contributed by atoms with Gasteiger partial charge >= 0.3 is 0 Å². The topological polar surface area (TPSA) is 78.8 Å². The number of phenols is 1. The van der Waals surface area contributed by atoms with Crippen molar-refractivity contribution in [2.75, 3.05) is 12.4 Å². The molecular formula is C23H25NO4. The second kappa shape index (κ2) is 7.08. The number of benzene rings is 2. The number of fused-ring (bicyclic) bond motifs is 1. The number of allylic oxidation sites excluding steroid dienone is 1. The van der Waals surface area contributed by atoms with Gasteiger partial charge in [0.2, 0.25) is 0 Å². The lowest BCUT2D eigenvalue weighted by atomic mass is 9.76. The van der Waals surface area contributed by atoms with Gasteiger partial charge < -0.3 is 20.3 Å². The Morgan fingerprint density at radius 1 is 1.21 bits per heavy atom. The molecule has 3 N–H and O–H groups in total. The Morgan fingerprint density at radius 3 is 2.61 bits per heavy atom. The van der Waals surface area contributed by atoms with Crippen molar-refractivity contribution in [1.29, 1.82) is 0 Å². The Labute approximate surface area is 164 Å². The van der Waals surface area contributed by atoms with E-state index >= 15 is 0 Å². The molecule has 0 saturated heterocycles. The molecular weight excluding hydrogens is 354 g/mol. The molecule has 1 fully saturated rings. The zero-order valence-corrected chi connectivity index (χ0v) is 16.1. The molecule has 0 bridgehead atoms. The summed E-state index contributed by atoms with van der Waals surface area (Å²) in [6.07, 6.45) is 3.99. The van der Waals surface area contributed by atoms with Crippen LogP contribution in [0.25, 0.3) is 6.08 Å². The van der Waals surface area contributed by atoms with Crippen LogP contribution in [-0.2, 0) is 15.1 Å². The van der Waals surface area contributed by atoms with Gasteiger partial charge in [0.15, 0.2) is 11.7 Å². The van der Waals surface area contributed by atoms with Gasteiger partial charge in [0.1, 0.15) is 5.75 Å². The maximum atomic E-state index is 12.6. The van der Waals surface area contributed by atoms with Crippen molar-refractivity contribution in [2.24, 2.45) is 5.92 Å². The normalized spacial score (nSPS) is 28.2. The molecule has 2 aromatic carbocycles. The number of hydrogen-bond acceptors (Lipinski definition) is 4. The Bertz CT molecular complexity index is 937. The van der Waals surface area contributed by atoms with E-state index < -0.39 is 17.6 Å². The third kappa shape index (κ3) is 2.91. The summed E-state index contributed by atoms with van der Waals surface area (Å²) in [6.45, 7) is 2.22. The predicted octanol–water partition coefficient (Wildman–Crippen LogP) is 3.80. The van der Waals surface area contributed by atoms with Crippen LogP contribution >= 0.6 is 0 Å². The quantitative estimate of drug-likeness (QED) is 0.758. The fraction of sp³-hybridized carbons (Fsp3) is 0.348. The van der Waals surface area contributed by atoms with Crippen molar-refractivity contribution < 1.29 is 19.7 Å². The van der Waals surface area contributed by atoms with Gasteiger partial charge in [-0.25, -0.2) is 0 Å². The summed E-state index contributed by atoms with van der Waals surface area (Å²) in [6, 6.07) is 12.4. The van der Waals surface area contributed by atoms with E-state index in [1.165, 1.54) is 12.7 Å². The van der Waals surface area contributed by atoms with Gasteiger partial charge in [-0.1, -0.05) is 48.9 Å². The predicted molar refractivity (Wildman–Crippen MR) is 108 cm³/mol. The number of ether oxygens (including phenoxy) is 1. The highest BCUT2D eigenvalue weighted by molar-refractivity contribution is 6.00. The summed E-state index contributed by atoms with van der Waals surface area (Å²) < 4.78 is 5.38. The van der Waals surface area contributed by atoms with Gasteiger partial charge in [0.25, 0.3) is 5.91 Å². The van der Waals surface area contributed by atoms with Crippen LogP contribution in [0.5, 0.6) is 5.75 Å². The number of methoxy groups -OCH3 is 1. The Morgan fingerprint density at radius 2 is 1.96 bits per heavy atom. The number of carbonyl (C=O) groups is 1. The molecule has 3 atom stereocenters. The summed E-state index contributed by atoms with van der Waals surface area (Å²) in [7, 11) is 1.38. The molecule has 1 heterocycles. The second-order valence-electron chi connectivity index (χ2n) is 7.81. The molecule has 4 rings (SSSR count). The average Bonchev–Trinajstić information content (AvgIpc) is 3.09. The van der Waals surface area contributed by atoms with E-state index in [0.717, 1.165) is 19.3 Å². The number of anilines is 1. The highest BCUT2D eigenvalue weighted by atomic mass is 16.5. The molecule has 1 amide bonds. The largest absolute Gasteiger partial charge is 0.507 e. The van der Waals surface area contributed by atoms with Gasteiger partial charge in [-0.05, 0) is 42.9 Å². The first-order valence-electron chi connectivity index (χ1n) is 9.62. The summed E-state index contributed by atoms with van der Waals surface area (Å²) in [4.78, 5) is 12.6. The zero-order chi connectivity index (χ0) is 19.9. The molecule has 0 aromatic heterocycles. The number of carbonyl (C=O) groups excluding carboxylic acids is 1. The summed E-state index contributed by atoms with van der Waals surface area (Å²) in [5.41, 5.74) is 1.29. The highest BCUT2D eigenvalue weighted by Gasteiger charge is 2.51. The van der Waals surface area contributed by atoms with E-state index in [0.29, 0.717) is 22.7 Å². The summed E-state index contributed by atoms with van der Waals surface area (Å²) in [5.74, 6) is 0.166. The van der Waals surface area contributed by atoms with Gasteiger partial charge in [-0.2, -0.15) is 0 Å². The number of amides is 1. The summed E-state index contributed by atoms with van der Waals surface area (Å²) >= 11 is 0. The van der Waals surface area contributed by atoms with Crippen LogP contribution in [0.4, 0.5) is 5.69 Å². The van der Waals surface area contributed by atoms with Crippen LogP contribution in [-0.4, -0.2) is 29.3 Å². The van der Waals surface area contributed by atoms with E-state index in [4.69, 9.17) is 4.74 Å². The molecule has 1 aliphatic carbocycles. The minimum Gasteiger partial charge on any atom is -0.507 e. The average molecular weight is 379 g/mol. The van der Waals surface area contributed by atoms with Crippen LogP contribution in [0.15, 0.2) is 48.0 Å². The fourth-order valence-corrected chi connectivity index (χ4v) is 4.43. The van der Waals surface area contributed by atoms with Crippen LogP contribution in [0, 0.1) is 5.92 Å². The van der Waals surface area contributed by atoms with Gasteiger partial charge in [0, 0.05) is 12.7 Å². The molecule has 0 spiro atoms. The second-order valence-corrected chi connectivity index (χ2v) is 7.81.